The Hall–Kier alpha value is -2.07. The van der Waals surface area contributed by atoms with Crippen molar-refractivity contribution in [2.45, 2.75) is 38.7 Å². The van der Waals surface area contributed by atoms with Gasteiger partial charge in [0.05, 0.1) is 0 Å². The number of fused-ring (bicyclic) bond motifs is 1. The number of benzene rings is 2. The molecule has 4 nitrogen and oxygen atoms in total. The third-order valence-electron chi connectivity index (χ3n) is 4.81. The summed E-state index contributed by atoms with van der Waals surface area (Å²) in [7, 11) is 0. The Bertz CT molecular complexity index is 695. The van der Waals surface area contributed by atoms with Crippen molar-refractivity contribution in [3.05, 3.63) is 42.5 Å². The van der Waals surface area contributed by atoms with Crippen LogP contribution in [-0.2, 0) is 4.79 Å². The molecule has 1 fully saturated rings. The Kier molecular flexibility index (Phi) is 6.29. The van der Waals surface area contributed by atoms with E-state index in [9.17, 15) is 4.79 Å². The SMILES string of the molecule is CC[C@@H](Oc1ccc2ccccc2c1)C(=O)NCCCN1CCCC1. The second kappa shape index (κ2) is 8.86. The molecule has 25 heavy (non-hydrogen) atoms. The molecule has 3 rings (SSSR count). The van der Waals surface area contributed by atoms with E-state index in [-0.39, 0.29) is 5.91 Å². The molecule has 0 aromatic heterocycles. The van der Waals surface area contributed by atoms with Crippen LogP contribution in [0.4, 0.5) is 0 Å². The number of nitrogens with one attached hydrogen (secondary N) is 1. The zero-order valence-electron chi connectivity index (χ0n) is 15.0. The van der Waals surface area contributed by atoms with Gasteiger partial charge in [-0.1, -0.05) is 37.3 Å². The van der Waals surface area contributed by atoms with Gasteiger partial charge in [-0.15, -0.1) is 0 Å². The molecule has 0 spiro atoms. The summed E-state index contributed by atoms with van der Waals surface area (Å²) in [5, 5.41) is 5.33. The summed E-state index contributed by atoms with van der Waals surface area (Å²) in [4.78, 5) is 14.9. The fourth-order valence-electron chi connectivity index (χ4n) is 3.36. The van der Waals surface area contributed by atoms with Crippen LogP contribution in [0.15, 0.2) is 42.5 Å². The largest absolute Gasteiger partial charge is 0.481 e. The maximum Gasteiger partial charge on any atom is 0.261 e. The van der Waals surface area contributed by atoms with Gasteiger partial charge in [-0.2, -0.15) is 0 Å². The van der Waals surface area contributed by atoms with Crippen molar-refractivity contribution in [1.29, 1.82) is 0 Å². The van der Waals surface area contributed by atoms with Crippen molar-refractivity contribution in [2.75, 3.05) is 26.2 Å². The van der Waals surface area contributed by atoms with Crippen molar-refractivity contribution in [3.63, 3.8) is 0 Å². The number of ether oxygens (including phenoxy) is 1. The van der Waals surface area contributed by atoms with Gasteiger partial charge in [-0.05, 0) is 68.2 Å². The van der Waals surface area contributed by atoms with Gasteiger partial charge in [0.15, 0.2) is 6.10 Å². The maximum atomic E-state index is 12.4. The molecule has 1 atom stereocenters. The van der Waals surface area contributed by atoms with Crippen molar-refractivity contribution in [3.8, 4) is 5.75 Å². The average molecular weight is 340 g/mol. The van der Waals surface area contributed by atoms with E-state index in [0.717, 1.165) is 24.1 Å². The highest BCUT2D eigenvalue weighted by molar-refractivity contribution is 5.84. The second-order valence-electron chi connectivity index (χ2n) is 6.72. The summed E-state index contributed by atoms with van der Waals surface area (Å²) in [5.41, 5.74) is 0. The molecular formula is C21H28N2O2. The number of rotatable bonds is 8. The molecule has 0 radical (unpaired) electrons. The molecule has 2 aromatic rings. The van der Waals surface area contributed by atoms with E-state index in [2.05, 4.69) is 22.3 Å². The molecule has 1 aliphatic heterocycles. The monoisotopic (exact) mass is 340 g/mol. The zero-order valence-corrected chi connectivity index (χ0v) is 15.0. The Labute approximate surface area is 150 Å². The number of likely N-dealkylation sites (tertiary alicyclic amines) is 1. The second-order valence-corrected chi connectivity index (χ2v) is 6.72. The van der Waals surface area contributed by atoms with Gasteiger partial charge in [-0.3, -0.25) is 4.79 Å². The normalized spacial score (nSPS) is 16.0. The highest BCUT2D eigenvalue weighted by Crippen LogP contribution is 2.22. The minimum Gasteiger partial charge on any atom is -0.481 e. The summed E-state index contributed by atoms with van der Waals surface area (Å²) < 4.78 is 5.94. The van der Waals surface area contributed by atoms with Gasteiger partial charge in [0, 0.05) is 6.54 Å². The van der Waals surface area contributed by atoms with E-state index >= 15 is 0 Å². The van der Waals surface area contributed by atoms with Crippen molar-refractivity contribution >= 4 is 16.7 Å². The molecule has 1 amide bonds. The summed E-state index contributed by atoms with van der Waals surface area (Å²) in [6, 6.07) is 14.1. The summed E-state index contributed by atoms with van der Waals surface area (Å²) in [6.07, 6.45) is 3.84. The first kappa shape index (κ1) is 17.7. The number of nitrogens with zero attached hydrogens (tertiary/aromatic N) is 1. The average Bonchev–Trinajstić information content (AvgIpc) is 3.16. The first-order valence-corrected chi connectivity index (χ1v) is 9.42. The highest BCUT2D eigenvalue weighted by Gasteiger charge is 2.18. The molecule has 1 aliphatic rings. The fourth-order valence-corrected chi connectivity index (χ4v) is 3.36. The standard InChI is InChI=1S/C21H28N2O2/c1-2-20(21(24)22-12-7-15-23-13-5-6-14-23)25-19-11-10-17-8-3-4-9-18(17)16-19/h3-4,8-11,16,20H,2,5-7,12-15H2,1H3,(H,22,24)/t20-/m1/s1. The van der Waals surface area contributed by atoms with Crippen LogP contribution >= 0.6 is 0 Å². The van der Waals surface area contributed by atoms with Crippen LogP contribution in [-0.4, -0.2) is 43.1 Å². The van der Waals surface area contributed by atoms with Crippen LogP contribution in [0.1, 0.15) is 32.6 Å². The Morgan fingerprint density at radius 3 is 2.68 bits per heavy atom. The number of hydrogen-bond acceptors (Lipinski definition) is 3. The van der Waals surface area contributed by atoms with Gasteiger partial charge in [-0.25, -0.2) is 0 Å². The molecule has 1 N–H and O–H groups in total. The number of amides is 1. The van der Waals surface area contributed by atoms with Gasteiger partial charge < -0.3 is 15.0 Å². The Morgan fingerprint density at radius 1 is 1.16 bits per heavy atom. The van der Waals surface area contributed by atoms with Gasteiger partial charge >= 0.3 is 0 Å². The third-order valence-corrected chi connectivity index (χ3v) is 4.81. The third kappa shape index (κ3) is 4.95. The first-order valence-electron chi connectivity index (χ1n) is 9.42. The molecule has 0 saturated carbocycles. The van der Waals surface area contributed by atoms with Crippen molar-refractivity contribution < 1.29 is 9.53 Å². The lowest BCUT2D eigenvalue weighted by Gasteiger charge is -2.18. The quantitative estimate of drug-likeness (QED) is 0.747. The molecule has 2 aromatic carbocycles. The van der Waals surface area contributed by atoms with E-state index in [1.807, 2.05) is 37.3 Å². The molecule has 1 heterocycles. The molecular weight excluding hydrogens is 312 g/mol. The predicted octanol–water partition coefficient (Wildman–Crippen LogP) is 3.60. The van der Waals surface area contributed by atoms with Crippen LogP contribution in [0.2, 0.25) is 0 Å². The topological polar surface area (TPSA) is 41.6 Å². The van der Waals surface area contributed by atoms with Crippen LogP contribution in [0.5, 0.6) is 5.75 Å². The van der Waals surface area contributed by atoms with Crippen molar-refractivity contribution in [2.24, 2.45) is 0 Å². The van der Waals surface area contributed by atoms with E-state index < -0.39 is 6.10 Å². The summed E-state index contributed by atoms with van der Waals surface area (Å²) in [5.74, 6) is 0.731. The van der Waals surface area contributed by atoms with Crippen LogP contribution in [0, 0.1) is 0 Å². The zero-order chi connectivity index (χ0) is 17.5. The van der Waals surface area contributed by atoms with Crippen LogP contribution < -0.4 is 10.1 Å². The lowest BCUT2D eigenvalue weighted by Crippen LogP contribution is -2.39. The Balaban J connectivity index is 1.49. The van der Waals surface area contributed by atoms with E-state index in [1.54, 1.807) is 0 Å². The van der Waals surface area contributed by atoms with Crippen LogP contribution in [0.25, 0.3) is 10.8 Å². The van der Waals surface area contributed by atoms with Crippen molar-refractivity contribution in [1.82, 2.24) is 10.2 Å². The minimum atomic E-state index is -0.437. The molecule has 4 heteroatoms. The van der Waals surface area contributed by atoms with E-state index in [4.69, 9.17) is 4.74 Å². The number of hydrogen-bond donors (Lipinski definition) is 1. The van der Waals surface area contributed by atoms with Gasteiger partial charge in [0.1, 0.15) is 5.75 Å². The maximum absolute atomic E-state index is 12.4. The minimum absolute atomic E-state index is 0.0166. The molecule has 1 saturated heterocycles. The van der Waals surface area contributed by atoms with Gasteiger partial charge in [0.25, 0.3) is 5.91 Å². The fraction of sp³-hybridized carbons (Fsp3) is 0.476. The van der Waals surface area contributed by atoms with Gasteiger partial charge in [0.2, 0.25) is 0 Å². The number of carbonyl (C=O) groups is 1. The smallest absolute Gasteiger partial charge is 0.261 e. The summed E-state index contributed by atoms with van der Waals surface area (Å²) >= 11 is 0. The summed E-state index contributed by atoms with van der Waals surface area (Å²) in [6.45, 7) is 6.18. The highest BCUT2D eigenvalue weighted by atomic mass is 16.5. The lowest BCUT2D eigenvalue weighted by atomic mass is 10.1. The van der Waals surface area contributed by atoms with E-state index in [0.29, 0.717) is 13.0 Å². The number of carbonyl (C=O) groups excluding carboxylic acids is 1. The van der Waals surface area contributed by atoms with Crippen LogP contribution in [0.3, 0.4) is 0 Å². The van der Waals surface area contributed by atoms with E-state index in [1.165, 1.54) is 31.3 Å². The molecule has 0 aliphatic carbocycles. The lowest BCUT2D eigenvalue weighted by molar-refractivity contribution is -0.128. The predicted molar refractivity (Wildman–Crippen MR) is 102 cm³/mol. The first-order chi connectivity index (χ1) is 12.3. The molecule has 0 bridgehead atoms. The Morgan fingerprint density at radius 2 is 1.92 bits per heavy atom. The molecule has 0 unspecified atom stereocenters. The molecule has 134 valence electrons.